The summed E-state index contributed by atoms with van der Waals surface area (Å²) in [5, 5.41) is 20.1. The highest BCUT2D eigenvalue weighted by Crippen LogP contribution is 2.14. The number of aliphatic hydroxyl groups is 1. The smallest absolute Gasteiger partial charge is 0.306 e. The molecule has 0 radical (unpaired) electrons. The molecule has 11 nitrogen and oxygen atoms in total. The Bertz CT molecular complexity index is 1200. The summed E-state index contributed by atoms with van der Waals surface area (Å²) in [6.07, 6.45) is 2.27. The third kappa shape index (κ3) is 12.0. The van der Waals surface area contributed by atoms with E-state index in [1.54, 1.807) is 12.0 Å². The first-order valence-corrected chi connectivity index (χ1v) is 15.3. The van der Waals surface area contributed by atoms with E-state index in [9.17, 15) is 24.3 Å². The van der Waals surface area contributed by atoms with Crippen molar-refractivity contribution in [1.82, 2.24) is 20.9 Å². The van der Waals surface area contributed by atoms with Crippen LogP contribution in [0.25, 0.3) is 0 Å². The first-order chi connectivity index (χ1) is 21.3. The number of likely N-dealkylation sites (tertiary alicyclic amines) is 1. The van der Waals surface area contributed by atoms with Gasteiger partial charge in [-0.25, -0.2) is 0 Å². The number of ether oxygens (including phenoxy) is 2. The summed E-state index contributed by atoms with van der Waals surface area (Å²) in [6, 6.07) is 15.4. The van der Waals surface area contributed by atoms with Gasteiger partial charge in [-0.2, -0.15) is 0 Å². The second-order valence-electron chi connectivity index (χ2n) is 11.0. The minimum absolute atomic E-state index is 0.0612. The van der Waals surface area contributed by atoms with Crippen LogP contribution in [0.5, 0.6) is 5.75 Å². The van der Waals surface area contributed by atoms with Crippen LogP contribution < -0.4 is 20.7 Å². The van der Waals surface area contributed by atoms with E-state index in [-0.39, 0.29) is 38.1 Å². The van der Waals surface area contributed by atoms with Crippen molar-refractivity contribution < 1.29 is 33.8 Å². The third-order valence-electron chi connectivity index (χ3n) is 7.70. The zero-order valence-corrected chi connectivity index (χ0v) is 25.8. The zero-order chi connectivity index (χ0) is 31.7. The molecule has 0 aromatic heterocycles. The molecule has 0 saturated carbocycles. The van der Waals surface area contributed by atoms with E-state index < -0.39 is 36.0 Å². The number of hydrogen-bond donors (Lipinski definition) is 4. The highest BCUT2D eigenvalue weighted by Gasteiger charge is 2.28. The summed E-state index contributed by atoms with van der Waals surface area (Å²) >= 11 is 0. The summed E-state index contributed by atoms with van der Waals surface area (Å²) in [5.74, 6) is -0.864. The molecule has 3 rings (SSSR count). The molecule has 1 heterocycles. The van der Waals surface area contributed by atoms with E-state index in [0.717, 1.165) is 36.1 Å². The number of rotatable bonds is 17. The van der Waals surface area contributed by atoms with E-state index in [0.29, 0.717) is 26.1 Å². The van der Waals surface area contributed by atoms with Gasteiger partial charge in [0.15, 0.2) is 0 Å². The maximum Gasteiger partial charge on any atom is 0.306 e. The van der Waals surface area contributed by atoms with Gasteiger partial charge in [-0.15, -0.1) is 0 Å². The number of benzene rings is 2. The van der Waals surface area contributed by atoms with E-state index in [4.69, 9.17) is 4.74 Å². The minimum atomic E-state index is -1.02. The molecular formula is C33H46N4O7. The standard InChI is InChI=1S/C33H46N4O7/c1-43-26-13-9-12-25(20-26)22-34-23-29(38)28(21-24-10-5-3-6-11-24)36-33(42)27(35-30(39)15-17-32(41)44-2)14-16-31(40)37-18-7-4-8-19-37/h3,5-6,9-13,20,27-29,34,38H,4,7-8,14-19,21-23H2,1-2H3,(H,35,39)(H,36,42)/t27-,28+,29+/m1/s1. The molecule has 0 unspecified atom stereocenters. The summed E-state index contributed by atoms with van der Waals surface area (Å²) in [7, 11) is 2.85. The second-order valence-corrected chi connectivity index (χ2v) is 11.0. The van der Waals surface area contributed by atoms with Crippen molar-refractivity contribution >= 4 is 23.7 Å². The first-order valence-electron chi connectivity index (χ1n) is 15.3. The lowest BCUT2D eigenvalue weighted by atomic mass is 9.99. The zero-order valence-electron chi connectivity index (χ0n) is 25.8. The average Bonchev–Trinajstić information content (AvgIpc) is 3.05. The van der Waals surface area contributed by atoms with Crippen LogP contribution in [-0.4, -0.2) is 85.7 Å². The maximum atomic E-state index is 13.6. The molecule has 44 heavy (non-hydrogen) atoms. The minimum Gasteiger partial charge on any atom is -0.497 e. The molecule has 240 valence electrons. The molecule has 1 fully saturated rings. The van der Waals surface area contributed by atoms with Crippen LogP contribution in [0.2, 0.25) is 0 Å². The predicted octanol–water partition coefficient (Wildman–Crippen LogP) is 2.10. The molecule has 1 saturated heterocycles. The molecule has 0 spiro atoms. The van der Waals surface area contributed by atoms with Crippen LogP contribution in [0.1, 0.15) is 56.1 Å². The van der Waals surface area contributed by atoms with Crippen molar-refractivity contribution in [2.45, 2.75) is 76.1 Å². The summed E-state index contributed by atoms with van der Waals surface area (Å²) in [5.41, 5.74) is 1.90. The van der Waals surface area contributed by atoms with E-state index in [1.165, 1.54) is 7.11 Å². The van der Waals surface area contributed by atoms with Gasteiger partial charge in [0.25, 0.3) is 0 Å². The van der Waals surface area contributed by atoms with Gasteiger partial charge in [-0.3, -0.25) is 19.2 Å². The Labute approximate surface area is 259 Å². The van der Waals surface area contributed by atoms with Gasteiger partial charge in [-0.1, -0.05) is 42.5 Å². The summed E-state index contributed by atoms with van der Waals surface area (Å²) in [6.45, 7) is 2.06. The van der Waals surface area contributed by atoms with Crippen molar-refractivity contribution in [2.75, 3.05) is 33.9 Å². The topological polar surface area (TPSA) is 146 Å². The van der Waals surface area contributed by atoms with Crippen molar-refractivity contribution in [1.29, 1.82) is 0 Å². The summed E-state index contributed by atoms with van der Waals surface area (Å²) in [4.78, 5) is 52.6. The highest BCUT2D eigenvalue weighted by atomic mass is 16.5. The lowest BCUT2D eigenvalue weighted by Crippen LogP contribution is -2.55. The van der Waals surface area contributed by atoms with Gasteiger partial charge in [-0.05, 0) is 55.4 Å². The van der Waals surface area contributed by atoms with Crippen LogP contribution in [0.4, 0.5) is 0 Å². The van der Waals surface area contributed by atoms with Crippen LogP contribution in [0, 0.1) is 0 Å². The molecular weight excluding hydrogens is 564 g/mol. The Morgan fingerprint density at radius 2 is 1.61 bits per heavy atom. The fourth-order valence-electron chi connectivity index (χ4n) is 5.15. The number of nitrogens with zero attached hydrogens (tertiary/aromatic N) is 1. The quantitative estimate of drug-likeness (QED) is 0.199. The molecule has 0 bridgehead atoms. The average molecular weight is 611 g/mol. The molecule has 3 atom stereocenters. The fraction of sp³-hybridized carbons (Fsp3) is 0.515. The van der Waals surface area contributed by atoms with Gasteiger partial charge in [0.2, 0.25) is 17.7 Å². The number of aliphatic hydroxyl groups excluding tert-OH is 1. The van der Waals surface area contributed by atoms with Crippen molar-refractivity contribution in [3.63, 3.8) is 0 Å². The Balaban J connectivity index is 1.69. The molecule has 3 amide bonds. The fourth-order valence-corrected chi connectivity index (χ4v) is 5.15. The molecule has 1 aliphatic rings. The monoisotopic (exact) mass is 610 g/mol. The molecule has 2 aromatic carbocycles. The third-order valence-corrected chi connectivity index (χ3v) is 7.70. The van der Waals surface area contributed by atoms with Gasteiger partial charge in [0.1, 0.15) is 11.8 Å². The van der Waals surface area contributed by atoms with Crippen molar-refractivity contribution in [3.05, 3.63) is 65.7 Å². The normalized spacial score (nSPS) is 15.0. The van der Waals surface area contributed by atoms with Gasteiger partial charge >= 0.3 is 5.97 Å². The number of hydrogen-bond acceptors (Lipinski definition) is 8. The molecule has 11 heteroatoms. The van der Waals surface area contributed by atoms with E-state index >= 15 is 0 Å². The van der Waals surface area contributed by atoms with Crippen LogP contribution >= 0.6 is 0 Å². The van der Waals surface area contributed by atoms with Crippen LogP contribution in [0.3, 0.4) is 0 Å². The predicted molar refractivity (Wildman–Crippen MR) is 166 cm³/mol. The van der Waals surface area contributed by atoms with Gasteiger partial charge < -0.3 is 35.4 Å². The van der Waals surface area contributed by atoms with E-state index in [1.807, 2.05) is 54.6 Å². The second kappa shape index (κ2) is 18.6. The number of nitrogens with one attached hydrogen (secondary N) is 3. The molecule has 2 aromatic rings. The number of carbonyl (C=O) groups is 4. The first kappa shape index (κ1) is 34.5. The van der Waals surface area contributed by atoms with E-state index in [2.05, 4.69) is 20.7 Å². The Hall–Kier alpha value is -3.96. The van der Waals surface area contributed by atoms with Gasteiger partial charge in [0, 0.05) is 39.0 Å². The number of methoxy groups -OCH3 is 2. The Kier molecular flexibility index (Phi) is 14.6. The number of esters is 1. The molecule has 0 aliphatic carbocycles. The Morgan fingerprint density at radius 1 is 0.886 bits per heavy atom. The van der Waals surface area contributed by atoms with Crippen LogP contribution in [0.15, 0.2) is 54.6 Å². The van der Waals surface area contributed by atoms with Crippen LogP contribution in [-0.2, 0) is 36.9 Å². The maximum absolute atomic E-state index is 13.6. The molecule has 1 aliphatic heterocycles. The SMILES string of the molecule is COC(=O)CCC(=O)N[C@H](CCC(=O)N1CCCCC1)C(=O)N[C@@H](Cc1ccccc1)[C@@H](O)CNCc1cccc(OC)c1. The lowest BCUT2D eigenvalue weighted by Gasteiger charge is -2.29. The number of carbonyl (C=O) groups excluding carboxylic acids is 4. The molecule has 4 N–H and O–H groups in total. The highest BCUT2D eigenvalue weighted by molar-refractivity contribution is 5.89. The lowest BCUT2D eigenvalue weighted by molar-refractivity contribution is -0.142. The van der Waals surface area contributed by atoms with Crippen molar-refractivity contribution in [3.8, 4) is 5.75 Å². The summed E-state index contributed by atoms with van der Waals surface area (Å²) < 4.78 is 9.90. The van der Waals surface area contributed by atoms with Crippen molar-refractivity contribution in [2.24, 2.45) is 0 Å². The Morgan fingerprint density at radius 3 is 2.32 bits per heavy atom. The van der Waals surface area contributed by atoms with Gasteiger partial charge in [0.05, 0.1) is 32.8 Å². The largest absolute Gasteiger partial charge is 0.497 e. The number of piperidine rings is 1. The number of amides is 3.